The summed E-state index contributed by atoms with van der Waals surface area (Å²) in [6.07, 6.45) is 7.14. The number of fused-ring (bicyclic) bond motifs is 3. The molecule has 0 radical (unpaired) electrons. The van der Waals surface area contributed by atoms with E-state index in [1.165, 1.54) is 6.20 Å². The third-order valence-electron chi connectivity index (χ3n) is 4.24. The molecule has 0 fully saturated rings. The Morgan fingerprint density at radius 3 is 2.93 bits per heavy atom. The van der Waals surface area contributed by atoms with Crippen molar-refractivity contribution in [3.63, 3.8) is 0 Å². The molecule has 0 saturated carbocycles. The number of nitrogens with two attached hydrogens (primary N) is 1. The van der Waals surface area contributed by atoms with Crippen LogP contribution in [0.3, 0.4) is 0 Å². The number of rotatable bonds is 5. The van der Waals surface area contributed by atoms with Gasteiger partial charge in [-0.25, -0.2) is 9.97 Å². The van der Waals surface area contributed by atoms with Crippen LogP contribution in [0.2, 0.25) is 0 Å². The molecule has 0 atom stereocenters. The van der Waals surface area contributed by atoms with Crippen molar-refractivity contribution in [2.45, 2.75) is 6.42 Å². The Bertz CT molecular complexity index is 1190. The van der Waals surface area contributed by atoms with Gasteiger partial charge in [-0.05, 0) is 6.07 Å². The van der Waals surface area contributed by atoms with Crippen molar-refractivity contribution in [1.82, 2.24) is 19.5 Å². The first-order chi connectivity index (χ1) is 13.3. The minimum Gasteiger partial charge on any atom is -0.403 e. The number of nitriles is 1. The lowest BCUT2D eigenvalue weighted by Crippen LogP contribution is -2.04. The van der Waals surface area contributed by atoms with Gasteiger partial charge in [0.25, 0.3) is 0 Å². The van der Waals surface area contributed by atoms with Crippen LogP contribution >= 0.6 is 0 Å². The Kier molecular flexibility index (Phi) is 4.37. The van der Waals surface area contributed by atoms with E-state index in [0.29, 0.717) is 18.7 Å². The third-order valence-corrected chi connectivity index (χ3v) is 4.24. The number of benzene rings is 1. The number of aliphatic imine (C=N–C) groups is 1. The second kappa shape index (κ2) is 7.14. The molecule has 27 heavy (non-hydrogen) atoms. The Balaban J connectivity index is 1.99. The van der Waals surface area contributed by atoms with Gasteiger partial charge in [-0.1, -0.05) is 30.3 Å². The smallest absolute Gasteiger partial charge is 0.145 e. The summed E-state index contributed by atoms with van der Waals surface area (Å²) in [6, 6.07) is 14.0. The molecule has 132 valence electrons. The van der Waals surface area contributed by atoms with Gasteiger partial charge in [-0.3, -0.25) is 9.56 Å². The Labute approximate surface area is 155 Å². The van der Waals surface area contributed by atoms with Gasteiger partial charge < -0.3 is 10.7 Å². The predicted octanol–water partition coefficient (Wildman–Crippen LogP) is 3.32. The van der Waals surface area contributed by atoms with Gasteiger partial charge in [0.2, 0.25) is 0 Å². The van der Waals surface area contributed by atoms with Gasteiger partial charge in [-0.2, -0.15) is 5.26 Å². The van der Waals surface area contributed by atoms with E-state index >= 15 is 0 Å². The van der Waals surface area contributed by atoms with E-state index in [1.807, 2.05) is 47.2 Å². The molecule has 7 nitrogen and oxygen atoms in total. The molecule has 7 heteroatoms. The molecular weight excluding hydrogens is 338 g/mol. The molecule has 3 heterocycles. The van der Waals surface area contributed by atoms with Crippen LogP contribution in [-0.4, -0.2) is 32.3 Å². The molecule has 0 saturated heterocycles. The number of H-pyrrole nitrogens is 1. The maximum absolute atomic E-state index is 8.71. The number of allylic oxidation sites excluding steroid dienone is 1. The minimum absolute atomic E-state index is 0.358. The van der Waals surface area contributed by atoms with Gasteiger partial charge in [-0.15, -0.1) is 0 Å². The third kappa shape index (κ3) is 2.93. The second-order valence-corrected chi connectivity index (χ2v) is 5.90. The number of aromatic amines is 1. The van der Waals surface area contributed by atoms with Crippen molar-refractivity contribution in [2.75, 3.05) is 6.54 Å². The van der Waals surface area contributed by atoms with E-state index < -0.39 is 0 Å². The first kappa shape index (κ1) is 16.5. The van der Waals surface area contributed by atoms with Crippen LogP contribution in [0.4, 0.5) is 0 Å². The van der Waals surface area contributed by atoms with Crippen LogP contribution in [-0.2, 0) is 0 Å². The van der Waals surface area contributed by atoms with Crippen LogP contribution < -0.4 is 5.73 Å². The van der Waals surface area contributed by atoms with Crippen LogP contribution in [0.5, 0.6) is 0 Å². The number of hydrogen-bond acceptors (Lipinski definition) is 5. The largest absolute Gasteiger partial charge is 0.403 e. The van der Waals surface area contributed by atoms with Gasteiger partial charge in [0, 0.05) is 29.6 Å². The van der Waals surface area contributed by atoms with Crippen LogP contribution in [0.15, 0.2) is 60.0 Å². The van der Waals surface area contributed by atoms with Crippen LogP contribution in [0.1, 0.15) is 6.42 Å². The molecule has 3 N–H and O–H groups in total. The summed E-state index contributed by atoms with van der Waals surface area (Å²) in [7, 11) is 0. The topological polar surface area (TPSA) is 109 Å². The lowest BCUT2D eigenvalue weighted by Gasteiger charge is -2.10. The number of aromatic nitrogens is 4. The summed E-state index contributed by atoms with van der Waals surface area (Å²) in [5, 5.41) is 9.66. The highest BCUT2D eigenvalue weighted by molar-refractivity contribution is 6.11. The highest BCUT2D eigenvalue weighted by Gasteiger charge is 2.18. The second-order valence-electron chi connectivity index (χ2n) is 5.90. The molecule has 0 aliphatic heterocycles. The van der Waals surface area contributed by atoms with E-state index in [2.05, 4.69) is 21.0 Å². The van der Waals surface area contributed by atoms with Crippen molar-refractivity contribution >= 4 is 34.0 Å². The van der Waals surface area contributed by atoms with Crippen molar-refractivity contribution in [3.8, 4) is 17.5 Å². The monoisotopic (exact) mass is 355 g/mol. The molecule has 0 amide bonds. The number of imidazole rings is 1. The van der Waals surface area contributed by atoms with E-state index in [4.69, 9.17) is 16.0 Å². The van der Waals surface area contributed by atoms with Crippen LogP contribution in [0, 0.1) is 11.3 Å². The fourth-order valence-electron chi connectivity index (χ4n) is 3.05. The SMILES string of the molecule is N#CCCN=CC(=CN)n1c(-c2ccccc2)nc2cnc3[nH]ccc3c21. The summed E-state index contributed by atoms with van der Waals surface area (Å²) in [5.41, 5.74) is 10.0. The van der Waals surface area contributed by atoms with Crippen molar-refractivity contribution in [2.24, 2.45) is 10.7 Å². The quantitative estimate of drug-likeness (QED) is 0.423. The van der Waals surface area contributed by atoms with E-state index in [9.17, 15) is 0 Å². The average Bonchev–Trinajstić information content (AvgIpc) is 3.33. The standard InChI is InChI=1S/C20H17N7/c21-8-4-9-23-12-15(11-22)27-18-16-7-10-24-19(16)25-13-17(18)26-20(27)14-5-2-1-3-6-14/h1-3,5-7,10-13H,4,9,22H2,(H,24,25). The molecule has 4 aromatic rings. The van der Waals surface area contributed by atoms with E-state index in [-0.39, 0.29) is 0 Å². The summed E-state index contributed by atoms with van der Waals surface area (Å²) >= 11 is 0. The van der Waals surface area contributed by atoms with Crippen LogP contribution in [0.25, 0.3) is 39.2 Å². The van der Waals surface area contributed by atoms with Crippen molar-refractivity contribution in [1.29, 1.82) is 5.26 Å². The zero-order valence-electron chi connectivity index (χ0n) is 14.5. The van der Waals surface area contributed by atoms with Gasteiger partial charge in [0.15, 0.2) is 0 Å². The van der Waals surface area contributed by atoms with Gasteiger partial charge >= 0.3 is 0 Å². The predicted molar refractivity (Wildman–Crippen MR) is 107 cm³/mol. The molecule has 0 bridgehead atoms. The number of pyridine rings is 1. The summed E-state index contributed by atoms with van der Waals surface area (Å²) in [6.45, 7) is 0.419. The Hall–Kier alpha value is -3.92. The van der Waals surface area contributed by atoms with E-state index in [1.54, 1.807) is 12.4 Å². The van der Waals surface area contributed by atoms with Crippen molar-refractivity contribution in [3.05, 3.63) is 55.0 Å². The molecule has 0 unspecified atom stereocenters. The highest BCUT2D eigenvalue weighted by atomic mass is 15.1. The Morgan fingerprint density at radius 1 is 1.30 bits per heavy atom. The normalized spacial score (nSPS) is 12.2. The lowest BCUT2D eigenvalue weighted by molar-refractivity contribution is 1.02. The van der Waals surface area contributed by atoms with Crippen molar-refractivity contribution < 1.29 is 0 Å². The summed E-state index contributed by atoms with van der Waals surface area (Å²) in [5.74, 6) is 0.754. The summed E-state index contributed by atoms with van der Waals surface area (Å²) in [4.78, 5) is 16.7. The average molecular weight is 355 g/mol. The molecular formula is C20H17N7. The minimum atomic E-state index is 0.358. The zero-order chi connectivity index (χ0) is 18.6. The fraction of sp³-hybridized carbons (Fsp3) is 0.100. The molecule has 1 aromatic carbocycles. The number of nitrogens with zero attached hydrogens (tertiary/aromatic N) is 5. The number of hydrogen-bond donors (Lipinski definition) is 2. The first-order valence-corrected chi connectivity index (χ1v) is 8.52. The molecule has 4 rings (SSSR count). The maximum Gasteiger partial charge on any atom is 0.145 e. The highest BCUT2D eigenvalue weighted by Crippen LogP contribution is 2.31. The summed E-state index contributed by atoms with van der Waals surface area (Å²) < 4.78 is 1.98. The molecule has 0 spiro atoms. The zero-order valence-corrected chi connectivity index (χ0v) is 14.5. The molecule has 0 aliphatic rings. The maximum atomic E-state index is 8.71. The first-order valence-electron chi connectivity index (χ1n) is 8.52. The van der Waals surface area contributed by atoms with Gasteiger partial charge in [0.05, 0.1) is 36.4 Å². The number of nitrogens with one attached hydrogen (secondary N) is 1. The molecule has 3 aromatic heterocycles. The van der Waals surface area contributed by atoms with E-state index in [0.717, 1.165) is 33.5 Å². The molecule has 0 aliphatic carbocycles. The lowest BCUT2D eigenvalue weighted by atomic mass is 10.2. The Morgan fingerprint density at radius 2 is 2.15 bits per heavy atom. The fourth-order valence-corrected chi connectivity index (χ4v) is 3.05. The van der Waals surface area contributed by atoms with Gasteiger partial charge in [0.1, 0.15) is 17.0 Å².